The number of piperazine rings is 1. The molecular weight excluding hydrogens is 377 g/mol. The van der Waals surface area contributed by atoms with Gasteiger partial charge in [-0.25, -0.2) is 12.8 Å². The smallest absolute Gasteiger partial charge is 0.252 e. The number of rotatable bonds is 5. The second-order valence-electron chi connectivity index (χ2n) is 6.05. The van der Waals surface area contributed by atoms with Crippen LogP contribution < -0.4 is 5.32 Å². The number of carbonyl (C=O) groups is 1. The fraction of sp³-hybridized carbons (Fsp3) is 0.353. The average molecular weight is 397 g/mol. The zero-order valence-corrected chi connectivity index (χ0v) is 15.9. The Labute approximate surface area is 156 Å². The molecule has 0 bridgehead atoms. The molecule has 0 spiro atoms. The first-order valence-electron chi connectivity index (χ1n) is 8.22. The molecule has 2 aromatic rings. The molecule has 0 saturated carbocycles. The Kier molecular flexibility index (Phi) is 5.71. The van der Waals surface area contributed by atoms with E-state index in [1.165, 1.54) is 33.8 Å². The minimum absolute atomic E-state index is 0.245. The summed E-state index contributed by atoms with van der Waals surface area (Å²) in [4.78, 5) is 14.3. The molecule has 6 nitrogen and oxygen atoms in total. The minimum atomic E-state index is -3.46. The Hall–Kier alpha value is -1.81. The number of halogens is 1. The van der Waals surface area contributed by atoms with Crippen LogP contribution in [0, 0.1) is 5.82 Å². The van der Waals surface area contributed by atoms with Crippen LogP contribution in [-0.4, -0.2) is 55.8 Å². The van der Waals surface area contributed by atoms with Gasteiger partial charge in [0, 0.05) is 31.9 Å². The molecule has 1 fully saturated rings. The molecule has 2 heterocycles. The Morgan fingerprint density at radius 2 is 1.92 bits per heavy atom. The van der Waals surface area contributed by atoms with E-state index in [0.29, 0.717) is 36.1 Å². The van der Waals surface area contributed by atoms with E-state index in [1.54, 1.807) is 30.5 Å². The highest BCUT2D eigenvalue weighted by Gasteiger charge is 2.32. The normalized spacial score (nSPS) is 17.8. The van der Waals surface area contributed by atoms with Crippen molar-refractivity contribution in [3.63, 3.8) is 0 Å². The van der Waals surface area contributed by atoms with Gasteiger partial charge in [0.15, 0.2) is 0 Å². The number of hydrogen-bond acceptors (Lipinski definition) is 5. The summed E-state index contributed by atoms with van der Waals surface area (Å²) in [6.07, 6.45) is 0. The van der Waals surface area contributed by atoms with Crippen LogP contribution in [0.4, 0.5) is 10.1 Å². The Bertz CT molecular complexity index is 863. The maximum Gasteiger partial charge on any atom is 0.252 e. The second kappa shape index (κ2) is 7.83. The van der Waals surface area contributed by atoms with E-state index in [4.69, 9.17) is 0 Å². The molecule has 1 atom stereocenters. The highest BCUT2D eigenvalue weighted by Crippen LogP contribution is 2.22. The van der Waals surface area contributed by atoms with Gasteiger partial charge in [-0.15, -0.1) is 11.3 Å². The minimum Gasteiger partial charge on any atom is -0.325 e. The number of hydrogen-bond donors (Lipinski definition) is 1. The fourth-order valence-electron chi connectivity index (χ4n) is 2.85. The first-order valence-corrected chi connectivity index (χ1v) is 10.5. The summed E-state index contributed by atoms with van der Waals surface area (Å²) in [5.41, 5.74) is 0.403. The van der Waals surface area contributed by atoms with Gasteiger partial charge in [-0.1, -0.05) is 12.1 Å². The number of sulfonamides is 1. The standard InChI is InChI=1S/C17H20FN3O3S2/c1-13(17(22)19-15-5-2-4-14(18)12-15)20-7-9-21(10-8-20)26(23,24)16-6-3-11-25-16/h2-6,11-13H,7-10H2,1H3,(H,19,22). The number of anilines is 1. The van der Waals surface area contributed by atoms with Gasteiger partial charge >= 0.3 is 0 Å². The molecule has 26 heavy (non-hydrogen) atoms. The first kappa shape index (κ1) is 19.0. The van der Waals surface area contributed by atoms with Crippen LogP contribution in [-0.2, 0) is 14.8 Å². The van der Waals surface area contributed by atoms with Gasteiger partial charge in [-0.3, -0.25) is 9.69 Å². The average Bonchev–Trinajstić information content (AvgIpc) is 3.17. The monoisotopic (exact) mass is 397 g/mol. The molecule has 140 valence electrons. The van der Waals surface area contributed by atoms with Crippen molar-refractivity contribution in [1.82, 2.24) is 9.21 Å². The van der Waals surface area contributed by atoms with Crippen molar-refractivity contribution in [3.05, 3.63) is 47.6 Å². The predicted molar refractivity (Wildman–Crippen MR) is 99.1 cm³/mol. The van der Waals surface area contributed by atoms with Crippen LogP contribution in [0.3, 0.4) is 0 Å². The third-order valence-corrected chi connectivity index (χ3v) is 7.65. The molecule has 1 N–H and O–H groups in total. The molecule has 1 saturated heterocycles. The van der Waals surface area contributed by atoms with Gasteiger partial charge < -0.3 is 5.32 Å². The van der Waals surface area contributed by atoms with Crippen molar-refractivity contribution in [2.75, 3.05) is 31.5 Å². The van der Waals surface area contributed by atoms with E-state index in [2.05, 4.69) is 5.32 Å². The third kappa shape index (κ3) is 4.12. The lowest BCUT2D eigenvalue weighted by molar-refractivity contribution is -0.121. The molecular formula is C17H20FN3O3S2. The van der Waals surface area contributed by atoms with E-state index in [1.807, 2.05) is 4.90 Å². The number of benzene rings is 1. The van der Waals surface area contributed by atoms with Crippen molar-refractivity contribution in [2.45, 2.75) is 17.2 Å². The van der Waals surface area contributed by atoms with Crippen LogP contribution in [0.5, 0.6) is 0 Å². The zero-order valence-electron chi connectivity index (χ0n) is 14.3. The van der Waals surface area contributed by atoms with E-state index >= 15 is 0 Å². The van der Waals surface area contributed by atoms with Gasteiger partial charge in [0.1, 0.15) is 10.0 Å². The fourth-order valence-corrected chi connectivity index (χ4v) is 5.41. The van der Waals surface area contributed by atoms with Crippen molar-refractivity contribution in [2.24, 2.45) is 0 Å². The summed E-state index contributed by atoms with van der Waals surface area (Å²) in [5, 5.41) is 4.43. The molecule has 1 aromatic heterocycles. The molecule has 1 amide bonds. The summed E-state index contributed by atoms with van der Waals surface area (Å²) in [6.45, 7) is 3.35. The van der Waals surface area contributed by atoms with E-state index in [-0.39, 0.29) is 5.91 Å². The van der Waals surface area contributed by atoms with Crippen LogP contribution in [0.1, 0.15) is 6.92 Å². The maximum absolute atomic E-state index is 13.2. The molecule has 1 unspecified atom stereocenters. The quantitative estimate of drug-likeness (QED) is 0.840. The highest BCUT2D eigenvalue weighted by atomic mass is 32.2. The summed E-state index contributed by atoms with van der Waals surface area (Å²) < 4.78 is 40.1. The maximum atomic E-state index is 13.2. The number of amides is 1. The van der Waals surface area contributed by atoms with E-state index in [9.17, 15) is 17.6 Å². The predicted octanol–water partition coefficient (Wildman–Crippen LogP) is 2.22. The lowest BCUT2D eigenvalue weighted by Crippen LogP contribution is -2.53. The molecule has 0 aliphatic carbocycles. The van der Waals surface area contributed by atoms with E-state index in [0.717, 1.165) is 0 Å². The Morgan fingerprint density at radius 3 is 2.54 bits per heavy atom. The summed E-state index contributed by atoms with van der Waals surface area (Å²) in [7, 11) is -3.46. The van der Waals surface area contributed by atoms with Crippen LogP contribution in [0.2, 0.25) is 0 Å². The van der Waals surface area contributed by atoms with Gasteiger partial charge in [-0.05, 0) is 36.6 Å². The number of nitrogens with zero attached hydrogens (tertiary/aromatic N) is 2. The summed E-state index contributed by atoms with van der Waals surface area (Å²) in [6, 6.07) is 8.60. The number of carbonyl (C=O) groups excluding carboxylic acids is 1. The molecule has 1 aromatic carbocycles. The Balaban J connectivity index is 1.58. The van der Waals surface area contributed by atoms with Crippen molar-refractivity contribution >= 4 is 33.0 Å². The first-order chi connectivity index (χ1) is 12.4. The van der Waals surface area contributed by atoms with Gasteiger partial charge in [-0.2, -0.15) is 4.31 Å². The second-order valence-corrected chi connectivity index (χ2v) is 9.16. The highest BCUT2D eigenvalue weighted by molar-refractivity contribution is 7.91. The van der Waals surface area contributed by atoms with Crippen LogP contribution >= 0.6 is 11.3 Å². The largest absolute Gasteiger partial charge is 0.325 e. The lowest BCUT2D eigenvalue weighted by atomic mass is 10.2. The van der Waals surface area contributed by atoms with Gasteiger partial charge in [0.05, 0.1) is 6.04 Å². The van der Waals surface area contributed by atoms with Gasteiger partial charge in [0.2, 0.25) is 5.91 Å². The summed E-state index contributed by atoms with van der Waals surface area (Å²) in [5.74, 6) is -0.659. The van der Waals surface area contributed by atoms with Crippen LogP contribution in [0.25, 0.3) is 0 Å². The van der Waals surface area contributed by atoms with Gasteiger partial charge in [0.25, 0.3) is 10.0 Å². The molecule has 9 heteroatoms. The molecule has 3 rings (SSSR count). The number of thiophene rings is 1. The third-order valence-electron chi connectivity index (χ3n) is 4.38. The topological polar surface area (TPSA) is 69.7 Å². The van der Waals surface area contributed by atoms with Crippen molar-refractivity contribution in [1.29, 1.82) is 0 Å². The van der Waals surface area contributed by atoms with Crippen molar-refractivity contribution in [3.8, 4) is 0 Å². The SMILES string of the molecule is CC(C(=O)Nc1cccc(F)c1)N1CCN(S(=O)(=O)c2cccs2)CC1. The lowest BCUT2D eigenvalue weighted by Gasteiger charge is -2.36. The van der Waals surface area contributed by atoms with Crippen molar-refractivity contribution < 1.29 is 17.6 Å². The number of nitrogens with one attached hydrogen (secondary N) is 1. The molecule has 1 aliphatic rings. The van der Waals surface area contributed by atoms with E-state index < -0.39 is 21.9 Å². The molecule has 1 aliphatic heterocycles. The Morgan fingerprint density at radius 1 is 1.19 bits per heavy atom. The molecule has 0 radical (unpaired) electrons. The van der Waals surface area contributed by atoms with Crippen LogP contribution in [0.15, 0.2) is 46.0 Å². The summed E-state index contributed by atoms with van der Waals surface area (Å²) >= 11 is 1.20. The zero-order chi connectivity index (χ0) is 18.7.